The molecule has 0 unspecified atom stereocenters. The molecule has 0 spiro atoms. The van der Waals surface area contributed by atoms with Gasteiger partial charge in [0.05, 0.1) is 0 Å². The molecule has 0 radical (unpaired) electrons. The lowest BCUT2D eigenvalue weighted by Crippen LogP contribution is -2.00. The van der Waals surface area contributed by atoms with Crippen molar-refractivity contribution in [2.45, 2.75) is 64.7 Å². The summed E-state index contributed by atoms with van der Waals surface area (Å²) in [5, 5.41) is 12.0. The monoisotopic (exact) mass is 255 g/mol. The molecule has 98 valence electrons. The summed E-state index contributed by atoms with van der Waals surface area (Å²) in [6.07, 6.45) is 12.4. The number of hydrogen-bond donors (Lipinski definition) is 1. The maximum Gasteiger partial charge on any atom is 0.205 e. The second-order valence-electron chi connectivity index (χ2n) is 4.50. The number of hydrogen-bond acceptors (Lipinski definition) is 4. The highest BCUT2D eigenvalue weighted by molar-refractivity contribution is 7.13. The van der Waals surface area contributed by atoms with Gasteiger partial charge in [-0.3, -0.25) is 0 Å². The molecule has 1 N–H and O–H groups in total. The van der Waals surface area contributed by atoms with E-state index in [9.17, 15) is 0 Å². The first-order valence-electron chi connectivity index (χ1n) is 6.93. The van der Waals surface area contributed by atoms with Crippen molar-refractivity contribution in [3.05, 3.63) is 5.51 Å². The number of anilines is 1. The number of rotatable bonds is 11. The van der Waals surface area contributed by atoms with Gasteiger partial charge in [-0.15, -0.1) is 10.2 Å². The highest BCUT2D eigenvalue weighted by atomic mass is 32.1. The van der Waals surface area contributed by atoms with Gasteiger partial charge in [0.25, 0.3) is 0 Å². The van der Waals surface area contributed by atoms with Gasteiger partial charge in [-0.25, -0.2) is 0 Å². The molecule has 0 bridgehead atoms. The molecule has 0 fully saturated rings. The first-order valence-corrected chi connectivity index (χ1v) is 7.81. The number of nitrogens with one attached hydrogen (secondary N) is 1. The molecule has 0 amide bonds. The molecule has 1 aromatic rings. The van der Waals surface area contributed by atoms with Crippen molar-refractivity contribution in [3.8, 4) is 0 Å². The van der Waals surface area contributed by atoms with Crippen LogP contribution in [0.2, 0.25) is 0 Å². The van der Waals surface area contributed by atoms with Gasteiger partial charge in [0, 0.05) is 6.54 Å². The zero-order valence-corrected chi connectivity index (χ0v) is 11.8. The van der Waals surface area contributed by atoms with Crippen molar-refractivity contribution < 1.29 is 0 Å². The van der Waals surface area contributed by atoms with E-state index in [2.05, 4.69) is 22.4 Å². The Labute approximate surface area is 109 Å². The highest BCUT2D eigenvalue weighted by Crippen LogP contribution is 2.11. The van der Waals surface area contributed by atoms with Gasteiger partial charge in [0.2, 0.25) is 5.13 Å². The van der Waals surface area contributed by atoms with Crippen LogP contribution in [0.5, 0.6) is 0 Å². The summed E-state index contributed by atoms with van der Waals surface area (Å²) in [5.41, 5.74) is 1.76. The second kappa shape index (κ2) is 10.5. The summed E-state index contributed by atoms with van der Waals surface area (Å²) in [7, 11) is 0. The highest BCUT2D eigenvalue weighted by Gasteiger charge is 1.95. The first-order chi connectivity index (χ1) is 8.43. The molecule has 3 nitrogen and oxygen atoms in total. The summed E-state index contributed by atoms with van der Waals surface area (Å²) < 4.78 is 0. The van der Waals surface area contributed by atoms with Crippen LogP contribution in [-0.2, 0) is 0 Å². The van der Waals surface area contributed by atoms with Crippen LogP contribution >= 0.6 is 11.3 Å². The van der Waals surface area contributed by atoms with Crippen molar-refractivity contribution in [2.24, 2.45) is 0 Å². The molecule has 0 saturated carbocycles. The molecule has 0 aliphatic carbocycles. The van der Waals surface area contributed by atoms with Crippen LogP contribution in [0, 0.1) is 0 Å². The van der Waals surface area contributed by atoms with Gasteiger partial charge in [0.1, 0.15) is 5.51 Å². The fourth-order valence-corrected chi connectivity index (χ4v) is 2.35. The minimum absolute atomic E-state index is 0.949. The van der Waals surface area contributed by atoms with E-state index in [1.807, 2.05) is 0 Å². The van der Waals surface area contributed by atoms with Gasteiger partial charge in [0.15, 0.2) is 0 Å². The van der Waals surface area contributed by atoms with Gasteiger partial charge in [-0.1, -0.05) is 69.6 Å². The van der Waals surface area contributed by atoms with Gasteiger partial charge in [-0.05, 0) is 6.42 Å². The predicted molar refractivity (Wildman–Crippen MR) is 75.6 cm³/mol. The molecular weight excluding hydrogens is 230 g/mol. The number of unbranched alkanes of at least 4 members (excludes halogenated alkanes) is 8. The lowest BCUT2D eigenvalue weighted by atomic mass is 10.1. The average molecular weight is 255 g/mol. The average Bonchev–Trinajstić information content (AvgIpc) is 2.85. The Morgan fingerprint density at radius 1 is 1.00 bits per heavy atom. The predicted octanol–water partition coefficient (Wildman–Crippen LogP) is 4.48. The van der Waals surface area contributed by atoms with Crippen molar-refractivity contribution in [3.63, 3.8) is 0 Å². The SMILES string of the molecule is CCCCCCCCCCCNc1nncs1. The Kier molecular flexibility index (Phi) is 8.92. The summed E-state index contributed by atoms with van der Waals surface area (Å²) in [5.74, 6) is 0. The van der Waals surface area contributed by atoms with E-state index < -0.39 is 0 Å². The van der Waals surface area contributed by atoms with E-state index >= 15 is 0 Å². The van der Waals surface area contributed by atoms with Crippen molar-refractivity contribution >= 4 is 16.5 Å². The number of nitrogens with zero attached hydrogens (tertiary/aromatic N) is 2. The fraction of sp³-hybridized carbons (Fsp3) is 0.846. The molecule has 0 aliphatic rings. The van der Waals surface area contributed by atoms with Crippen LogP contribution in [-0.4, -0.2) is 16.7 Å². The molecule has 0 aromatic carbocycles. The third kappa shape index (κ3) is 8.13. The van der Waals surface area contributed by atoms with Gasteiger partial charge in [-0.2, -0.15) is 0 Å². The lowest BCUT2D eigenvalue weighted by molar-refractivity contribution is 0.569. The summed E-state index contributed by atoms with van der Waals surface area (Å²) in [6, 6.07) is 0. The minimum atomic E-state index is 0.949. The molecule has 0 aliphatic heterocycles. The molecule has 1 heterocycles. The maximum absolute atomic E-state index is 3.95. The summed E-state index contributed by atoms with van der Waals surface area (Å²) in [6.45, 7) is 3.30. The molecule has 0 atom stereocenters. The molecule has 17 heavy (non-hydrogen) atoms. The van der Waals surface area contributed by atoms with E-state index in [0.29, 0.717) is 0 Å². The Balaban J connectivity index is 1.76. The van der Waals surface area contributed by atoms with Crippen LogP contribution in [0.4, 0.5) is 5.13 Å². The van der Waals surface area contributed by atoms with E-state index in [1.165, 1.54) is 57.8 Å². The summed E-state index contributed by atoms with van der Waals surface area (Å²) >= 11 is 1.57. The topological polar surface area (TPSA) is 37.8 Å². The van der Waals surface area contributed by atoms with E-state index in [-0.39, 0.29) is 0 Å². The number of aromatic nitrogens is 2. The molecular formula is C13H25N3S. The molecule has 0 saturated heterocycles. The van der Waals surface area contributed by atoms with Crippen LogP contribution in [0.15, 0.2) is 5.51 Å². The van der Waals surface area contributed by atoms with Crippen LogP contribution in [0.25, 0.3) is 0 Å². The van der Waals surface area contributed by atoms with Crippen LogP contribution in [0.3, 0.4) is 0 Å². The third-order valence-electron chi connectivity index (χ3n) is 2.92. The third-order valence-corrected chi connectivity index (χ3v) is 3.57. The van der Waals surface area contributed by atoms with E-state index in [1.54, 1.807) is 16.8 Å². The largest absolute Gasteiger partial charge is 0.360 e. The van der Waals surface area contributed by atoms with Gasteiger partial charge >= 0.3 is 0 Å². The van der Waals surface area contributed by atoms with Crippen molar-refractivity contribution in [1.82, 2.24) is 10.2 Å². The van der Waals surface area contributed by atoms with Gasteiger partial charge < -0.3 is 5.32 Å². The summed E-state index contributed by atoms with van der Waals surface area (Å²) in [4.78, 5) is 0. The Hall–Kier alpha value is -0.640. The maximum atomic E-state index is 3.95. The molecule has 4 heteroatoms. The Morgan fingerprint density at radius 2 is 1.65 bits per heavy atom. The first kappa shape index (κ1) is 14.4. The van der Waals surface area contributed by atoms with Crippen molar-refractivity contribution in [2.75, 3.05) is 11.9 Å². The van der Waals surface area contributed by atoms with Crippen LogP contribution < -0.4 is 5.32 Å². The fourth-order valence-electron chi connectivity index (χ4n) is 1.88. The van der Waals surface area contributed by atoms with E-state index in [0.717, 1.165) is 11.7 Å². The molecule has 1 rings (SSSR count). The van der Waals surface area contributed by atoms with E-state index in [4.69, 9.17) is 0 Å². The Morgan fingerprint density at radius 3 is 2.24 bits per heavy atom. The lowest BCUT2D eigenvalue weighted by Gasteiger charge is -2.02. The molecule has 1 aromatic heterocycles. The quantitative estimate of drug-likeness (QED) is 0.592. The standard InChI is InChI=1S/C13H25N3S/c1-2-3-4-5-6-7-8-9-10-11-14-13-16-15-12-17-13/h12H,2-11H2,1H3,(H,14,16). The van der Waals surface area contributed by atoms with Crippen molar-refractivity contribution in [1.29, 1.82) is 0 Å². The smallest absolute Gasteiger partial charge is 0.205 e. The minimum Gasteiger partial charge on any atom is -0.360 e. The van der Waals surface area contributed by atoms with Crippen LogP contribution in [0.1, 0.15) is 64.7 Å². The normalized spacial score (nSPS) is 10.6. The Bertz CT molecular complexity index is 249. The zero-order chi connectivity index (χ0) is 12.2. The zero-order valence-electron chi connectivity index (χ0n) is 11.0. The second-order valence-corrected chi connectivity index (χ2v) is 5.33.